The van der Waals surface area contributed by atoms with Crippen molar-refractivity contribution in [2.75, 3.05) is 0 Å². The first-order chi connectivity index (χ1) is 8.15. The van der Waals surface area contributed by atoms with Crippen LogP contribution in [0.5, 0.6) is 0 Å². The highest BCUT2D eigenvalue weighted by atomic mass is 28.4. The molecule has 1 saturated carbocycles. The predicted molar refractivity (Wildman–Crippen MR) is 83.5 cm³/mol. The molecule has 0 bridgehead atoms. The molecule has 0 aromatic rings. The average Bonchev–Trinajstić information content (AvgIpc) is 2.25. The van der Waals surface area contributed by atoms with E-state index in [2.05, 4.69) is 47.4 Å². The lowest BCUT2D eigenvalue weighted by Gasteiger charge is -2.42. The van der Waals surface area contributed by atoms with Crippen molar-refractivity contribution in [1.82, 2.24) is 0 Å². The molecule has 0 heterocycles. The fourth-order valence-electron chi connectivity index (χ4n) is 2.53. The van der Waals surface area contributed by atoms with E-state index in [0.717, 1.165) is 0 Å². The summed E-state index contributed by atoms with van der Waals surface area (Å²) in [7, 11) is -1.68. The van der Waals surface area contributed by atoms with Crippen LogP contribution in [0.4, 0.5) is 0 Å². The van der Waals surface area contributed by atoms with Gasteiger partial charge < -0.3 is 4.43 Å². The summed E-state index contributed by atoms with van der Waals surface area (Å²) in [5.74, 6) is 0.713. The lowest BCUT2D eigenvalue weighted by molar-refractivity contribution is 0.123. The first kappa shape index (κ1) is 16.0. The molecule has 2 heteroatoms. The molecule has 0 aromatic carbocycles. The summed E-state index contributed by atoms with van der Waals surface area (Å²) < 4.78 is 6.64. The van der Waals surface area contributed by atoms with E-state index < -0.39 is 8.32 Å². The second-order valence-corrected chi connectivity index (χ2v) is 12.3. The van der Waals surface area contributed by atoms with Gasteiger partial charge in [-0.1, -0.05) is 52.2 Å². The molecule has 0 amide bonds. The predicted octanol–water partition coefficient (Wildman–Crippen LogP) is 5.53. The second kappa shape index (κ2) is 5.92. The number of hydrogen-bond donors (Lipinski definition) is 0. The molecule has 0 aliphatic heterocycles. The van der Waals surface area contributed by atoms with Gasteiger partial charge in [0.25, 0.3) is 0 Å². The molecule has 0 N–H and O–H groups in total. The Balaban J connectivity index is 2.77. The summed E-state index contributed by atoms with van der Waals surface area (Å²) in [4.78, 5) is 0. The van der Waals surface area contributed by atoms with E-state index in [0.29, 0.717) is 12.0 Å². The van der Waals surface area contributed by atoms with Gasteiger partial charge in [-0.15, -0.1) is 0 Å². The maximum Gasteiger partial charge on any atom is 0.192 e. The summed E-state index contributed by atoms with van der Waals surface area (Å²) in [5, 5.41) is 0.287. The molecule has 1 unspecified atom stereocenters. The molecule has 106 valence electrons. The third-order valence-electron chi connectivity index (χ3n) is 4.79. The standard InChI is InChI=1S/C16H32OSi/c1-13(2)15(14-11-9-8-10-12-14)17-18(6,7)16(3,4)5/h14-15H,1,8-12H2,2-7H3. The van der Waals surface area contributed by atoms with Gasteiger partial charge in [0.05, 0.1) is 6.10 Å². The quantitative estimate of drug-likeness (QED) is 0.481. The molecule has 0 spiro atoms. The second-order valence-electron chi connectivity index (χ2n) is 7.54. The Kier molecular flexibility index (Phi) is 5.25. The SMILES string of the molecule is C=C(C)C(O[Si](C)(C)C(C)(C)C)C1CCCCC1. The van der Waals surface area contributed by atoms with Crippen LogP contribution in [0.15, 0.2) is 12.2 Å². The van der Waals surface area contributed by atoms with Crippen LogP contribution in [0.25, 0.3) is 0 Å². The summed E-state index contributed by atoms with van der Waals surface area (Å²) in [5.41, 5.74) is 1.23. The Morgan fingerprint density at radius 1 is 1.17 bits per heavy atom. The third-order valence-corrected chi connectivity index (χ3v) is 9.25. The molecule has 0 radical (unpaired) electrons. The van der Waals surface area contributed by atoms with Crippen LogP contribution >= 0.6 is 0 Å². The van der Waals surface area contributed by atoms with Gasteiger partial charge in [-0.05, 0) is 43.8 Å². The van der Waals surface area contributed by atoms with Gasteiger partial charge >= 0.3 is 0 Å². The molecule has 0 aromatic heterocycles. The van der Waals surface area contributed by atoms with Crippen LogP contribution < -0.4 is 0 Å². The average molecular weight is 269 g/mol. The fourth-order valence-corrected chi connectivity index (χ4v) is 3.91. The van der Waals surface area contributed by atoms with Crippen molar-refractivity contribution in [2.24, 2.45) is 5.92 Å². The van der Waals surface area contributed by atoms with Crippen LogP contribution in [0, 0.1) is 5.92 Å². The van der Waals surface area contributed by atoms with Crippen LogP contribution in [0.3, 0.4) is 0 Å². The summed E-state index contributed by atoms with van der Waals surface area (Å²) in [6.07, 6.45) is 7.09. The van der Waals surface area contributed by atoms with E-state index in [1.807, 2.05) is 0 Å². The Labute approximate surface area is 115 Å². The highest BCUT2D eigenvalue weighted by molar-refractivity contribution is 6.74. The molecular formula is C16H32OSi. The topological polar surface area (TPSA) is 9.23 Å². The molecular weight excluding hydrogens is 236 g/mol. The summed E-state index contributed by atoms with van der Waals surface area (Å²) >= 11 is 0. The van der Waals surface area contributed by atoms with Crippen molar-refractivity contribution in [3.8, 4) is 0 Å². The lowest BCUT2D eigenvalue weighted by Crippen LogP contribution is -2.46. The smallest absolute Gasteiger partial charge is 0.192 e. The molecule has 1 rings (SSSR count). The lowest BCUT2D eigenvalue weighted by atomic mass is 9.83. The molecule has 1 fully saturated rings. The van der Waals surface area contributed by atoms with Crippen molar-refractivity contribution in [3.63, 3.8) is 0 Å². The molecule has 1 aliphatic rings. The van der Waals surface area contributed by atoms with E-state index in [9.17, 15) is 0 Å². The highest BCUT2D eigenvalue weighted by Crippen LogP contribution is 2.40. The Morgan fingerprint density at radius 3 is 2.06 bits per heavy atom. The van der Waals surface area contributed by atoms with E-state index in [1.54, 1.807) is 0 Å². The zero-order valence-electron chi connectivity index (χ0n) is 13.3. The Morgan fingerprint density at radius 2 is 1.67 bits per heavy atom. The molecule has 1 aliphatic carbocycles. The molecule has 0 saturated heterocycles. The summed E-state index contributed by atoms with van der Waals surface area (Å²) in [6.45, 7) is 18.0. The highest BCUT2D eigenvalue weighted by Gasteiger charge is 2.41. The fraction of sp³-hybridized carbons (Fsp3) is 0.875. The van der Waals surface area contributed by atoms with E-state index in [1.165, 1.54) is 37.7 Å². The Bertz CT molecular complexity index is 282. The monoisotopic (exact) mass is 268 g/mol. The van der Waals surface area contributed by atoms with Crippen molar-refractivity contribution >= 4 is 8.32 Å². The van der Waals surface area contributed by atoms with Crippen molar-refractivity contribution in [3.05, 3.63) is 12.2 Å². The van der Waals surface area contributed by atoms with Crippen molar-refractivity contribution in [1.29, 1.82) is 0 Å². The van der Waals surface area contributed by atoms with E-state index in [4.69, 9.17) is 4.43 Å². The molecule has 1 nitrogen and oxygen atoms in total. The first-order valence-electron chi connectivity index (χ1n) is 7.48. The van der Waals surface area contributed by atoms with Gasteiger partial charge in [0.15, 0.2) is 8.32 Å². The third kappa shape index (κ3) is 3.96. The van der Waals surface area contributed by atoms with Gasteiger partial charge in [-0.25, -0.2) is 0 Å². The van der Waals surface area contributed by atoms with Crippen LogP contribution in [-0.4, -0.2) is 14.4 Å². The maximum absolute atomic E-state index is 6.64. The normalized spacial score (nSPS) is 20.8. The van der Waals surface area contributed by atoms with Crippen LogP contribution in [0.1, 0.15) is 59.8 Å². The molecule has 18 heavy (non-hydrogen) atoms. The largest absolute Gasteiger partial charge is 0.410 e. The van der Waals surface area contributed by atoms with Crippen LogP contribution in [-0.2, 0) is 4.43 Å². The van der Waals surface area contributed by atoms with Gasteiger partial charge in [0.2, 0.25) is 0 Å². The minimum atomic E-state index is -1.68. The minimum absolute atomic E-state index is 0.287. The van der Waals surface area contributed by atoms with E-state index >= 15 is 0 Å². The van der Waals surface area contributed by atoms with Gasteiger partial charge in [-0.2, -0.15) is 0 Å². The molecule has 1 atom stereocenters. The maximum atomic E-state index is 6.64. The van der Waals surface area contributed by atoms with Crippen LogP contribution in [0.2, 0.25) is 18.1 Å². The van der Waals surface area contributed by atoms with Gasteiger partial charge in [-0.3, -0.25) is 0 Å². The zero-order valence-corrected chi connectivity index (χ0v) is 14.3. The number of rotatable bonds is 4. The van der Waals surface area contributed by atoms with E-state index in [-0.39, 0.29) is 5.04 Å². The number of hydrogen-bond acceptors (Lipinski definition) is 1. The van der Waals surface area contributed by atoms with Crippen molar-refractivity contribution in [2.45, 2.75) is 84.0 Å². The van der Waals surface area contributed by atoms with Gasteiger partial charge in [0.1, 0.15) is 0 Å². The minimum Gasteiger partial charge on any atom is -0.410 e. The summed E-state index contributed by atoms with van der Waals surface area (Å²) in [6, 6.07) is 0. The van der Waals surface area contributed by atoms with Crippen molar-refractivity contribution < 1.29 is 4.43 Å². The zero-order chi connectivity index (χ0) is 14.0. The Hall–Kier alpha value is -0.0831. The first-order valence-corrected chi connectivity index (χ1v) is 10.4. The van der Waals surface area contributed by atoms with Gasteiger partial charge in [0, 0.05) is 0 Å².